The molecule has 2 aliphatic rings. The molecule has 0 saturated carbocycles. The summed E-state index contributed by atoms with van der Waals surface area (Å²) < 4.78 is 12.4. The summed E-state index contributed by atoms with van der Waals surface area (Å²) in [5.74, 6) is 0.969. The third-order valence-electron chi connectivity index (χ3n) is 7.60. The molecule has 0 bridgehead atoms. The number of amides is 1. The lowest BCUT2D eigenvalue weighted by atomic mass is 9.88. The molecule has 2 N–H and O–H groups in total. The minimum absolute atomic E-state index is 0.0409. The van der Waals surface area contributed by atoms with Gasteiger partial charge in [0.25, 0.3) is 5.56 Å². The minimum Gasteiger partial charge on any atom is -0.497 e. The number of aliphatic hydroxyl groups excluding tert-OH is 1. The highest BCUT2D eigenvalue weighted by molar-refractivity contribution is 5.82. The number of methoxy groups -OCH3 is 2. The van der Waals surface area contributed by atoms with Crippen molar-refractivity contribution in [2.45, 2.75) is 25.2 Å². The maximum Gasteiger partial charge on any atom is 0.258 e. The molecule has 0 unspecified atom stereocenters. The van der Waals surface area contributed by atoms with Gasteiger partial charge >= 0.3 is 0 Å². The number of carbonyl (C=O) groups is 1. The quantitative estimate of drug-likeness (QED) is 0.530. The van der Waals surface area contributed by atoms with Gasteiger partial charge in [0.2, 0.25) is 5.91 Å². The fourth-order valence-corrected chi connectivity index (χ4v) is 5.86. The normalized spacial score (nSPS) is 22.7. The van der Waals surface area contributed by atoms with Crippen LogP contribution in [0.3, 0.4) is 0 Å². The Morgan fingerprint density at radius 3 is 2.50 bits per heavy atom. The number of ether oxygens (including phenoxy) is 2. The second kappa shape index (κ2) is 9.79. The highest BCUT2D eigenvalue weighted by atomic mass is 16.5. The average Bonchev–Trinajstić information content (AvgIpc) is 3.43. The second-order valence-electron chi connectivity index (χ2n) is 9.45. The first kappa shape index (κ1) is 24.1. The van der Waals surface area contributed by atoms with Gasteiger partial charge in [0.15, 0.2) is 0 Å². The van der Waals surface area contributed by atoms with Crippen molar-refractivity contribution >= 4 is 5.91 Å². The summed E-state index contributed by atoms with van der Waals surface area (Å²) in [6.45, 7) is 0.702. The second-order valence-corrected chi connectivity index (χ2v) is 9.45. The highest BCUT2D eigenvalue weighted by Gasteiger charge is 2.54. The van der Waals surface area contributed by atoms with E-state index in [1.807, 2.05) is 72.6 Å². The first-order valence-corrected chi connectivity index (χ1v) is 12.1. The smallest absolute Gasteiger partial charge is 0.258 e. The number of nitrogens with zero attached hydrogens (tertiary/aromatic N) is 2. The number of aliphatic hydroxyl groups is 1. The molecule has 1 aromatic heterocycles. The summed E-state index contributed by atoms with van der Waals surface area (Å²) >= 11 is 0. The first-order valence-electron chi connectivity index (χ1n) is 12.1. The van der Waals surface area contributed by atoms with Crippen LogP contribution in [0.1, 0.15) is 17.3 Å². The van der Waals surface area contributed by atoms with E-state index in [-0.39, 0.29) is 36.0 Å². The number of fused-ring (bicyclic) bond motifs is 3. The van der Waals surface area contributed by atoms with Crippen LogP contribution in [-0.4, -0.2) is 54.4 Å². The molecular weight excluding hydrogens is 458 g/mol. The van der Waals surface area contributed by atoms with E-state index in [2.05, 4.69) is 5.32 Å². The van der Waals surface area contributed by atoms with Crippen molar-refractivity contribution in [2.75, 3.05) is 27.9 Å². The molecule has 3 heterocycles. The predicted molar refractivity (Wildman–Crippen MR) is 136 cm³/mol. The monoisotopic (exact) mass is 489 g/mol. The number of hydrogen-bond acceptors (Lipinski definition) is 6. The van der Waals surface area contributed by atoms with Crippen LogP contribution >= 0.6 is 0 Å². The van der Waals surface area contributed by atoms with Gasteiger partial charge in [-0.1, -0.05) is 24.3 Å². The van der Waals surface area contributed by atoms with Gasteiger partial charge in [-0.05, 0) is 54.6 Å². The number of pyridine rings is 1. The van der Waals surface area contributed by atoms with Gasteiger partial charge in [-0.15, -0.1) is 0 Å². The van der Waals surface area contributed by atoms with Gasteiger partial charge in [0, 0.05) is 42.8 Å². The van der Waals surface area contributed by atoms with E-state index < -0.39 is 6.04 Å². The summed E-state index contributed by atoms with van der Waals surface area (Å²) in [4.78, 5) is 28.8. The number of rotatable bonds is 7. The van der Waals surface area contributed by atoms with E-state index in [1.165, 1.54) is 0 Å². The lowest BCUT2D eigenvalue weighted by Gasteiger charge is -2.27. The van der Waals surface area contributed by atoms with Crippen molar-refractivity contribution < 1.29 is 19.4 Å². The number of benzene rings is 2. The van der Waals surface area contributed by atoms with Crippen LogP contribution in [0.15, 0.2) is 65.5 Å². The van der Waals surface area contributed by atoms with Crippen LogP contribution in [-0.2, 0) is 17.9 Å². The van der Waals surface area contributed by atoms with Crippen molar-refractivity contribution in [3.63, 3.8) is 0 Å². The lowest BCUT2D eigenvalue weighted by molar-refractivity contribution is -0.127. The summed E-state index contributed by atoms with van der Waals surface area (Å²) in [5.41, 5.74) is 3.15. The fraction of sp³-hybridized carbons (Fsp3) is 0.357. The molecule has 1 amide bonds. The molecular formula is C28H31N3O5. The fourth-order valence-electron chi connectivity index (χ4n) is 5.86. The number of nitrogens with one attached hydrogen (secondary N) is 1. The lowest BCUT2D eigenvalue weighted by Crippen LogP contribution is -2.46. The van der Waals surface area contributed by atoms with E-state index in [1.54, 1.807) is 18.8 Å². The molecule has 1 saturated heterocycles. The molecule has 188 valence electrons. The van der Waals surface area contributed by atoms with E-state index in [4.69, 9.17) is 9.47 Å². The molecule has 2 aromatic carbocycles. The average molecular weight is 490 g/mol. The molecule has 2 aliphatic heterocycles. The zero-order valence-electron chi connectivity index (χ0n) is 20.7. The number of aromatic nitrogens is 1. The Labute approximate surface area is 210 Å². The Bertz CT molecular complexity index is 1340. The van der Waals surface area contributed by atoms with Gasteiger partial charge < -0.3 is 24.5 Å². The van der Waals surface area contributed by atoms with Crippen molar-refractivity contribution in [2.24, 2.45) is 11.8 Å². The van der Waals surface area contributed by atoms with Crippen LogP contribution in [0.4, 0.5) is 0 Å². The molecule has 5 rings (SSSR count). The number of carbonyl (C=O) groups excluding carboxylic acids is 1. The summed E-state index contributed by atoms with van der Waals surface area (Å²) in [5, 5.41) is 13.3. The van der Waals surface area contributed by atoms with Crippen molar-refractivity contribution in [3.8, 4) is 22.6 Å². The van der Waals surface area contributed by atoms with Gasteiger partial charge in [-0.2, -0.15) is 0 Å². The number of likely N-dealkylation sites (N-methyl/N-ethyl adjacent to an activating group) is 1. The Morgan fingerprint density at radius 2 is 1.78 bits per heavy atom. The van der Waals surface area contributed by atoms with E-state index in [9.17, 15) is 14.7 Å². The summed E-state index contributed by atoms with van der Waals surface area (Å²) in [7, 11) is 5.11. The number of likely N-dealkylation sites (tertiary alicyclic amines) is 1. The maximum absolute atomic E-state index is 13.5. The largest absolute Gasteiger partial charge is 0.497 e. The van der Waals surface area contributed by atoms with Crippen LogP contribution in [0.2, 0.25) is 0 Å². The maximum atomic E-state index is 13.5. The number of hydrogen-bond donors (Lipinski definition) is 2. The van der Waals surface area contributed by atoms with E-state index >= 15 is 0 Å². The van der Waals surface area contributed by atoms with Gasteiger partial charge in [-0.3, -0.25) is 14.5 Å². The van der Waals surface area contributed by atoms with E-state index in [0.29, 0.717) is 24.4 Å². The predicted octanol–water partition coefficient (Wildman–Crippen LogP) is 2.44. The van der Waals surface area contributed by atoms with E-state index in [0.717, 1.165) is 22.6 Å². The minimum atomic E-state index is -0.488. The Balaban J connectivity index is 1.39. The molecule has 4 atom stereocenters. The van der Waals surface area contributed by atoms with Gasteiger partial charge in [0.05, 0.1) is 26.3 Å². The molecule has 0 radical (unpaired) electrons. The molecule has 3 aromatic rings. The first-order chi connectivity index (χ1) is 17.5. The van der Waals surface area contributed by atoms with Crippen molar-refractivity contribution in [1.29, 1.82) is 0 Å². The Morgan fingerprint density at radius 1 is 1.06 bits per heavy atom. The molecule has 0 spiro atoms. The standard InChI is InChI=1S/C28H31N3O5/c1-30-25-22(23(16-32)26(30)27(33)29-14-17-6-4-8-19(12-17)35-2)15-31-24(25)11-10-21(28(31)34)18-7-5-9-20(13-18)36-3/h4-13,22-23,25-26,32H,14-16H2,1-3H3,(H,29,33)/t22-,23-,25+,26-/m1/s1. The molecule has 1 fully saturated rings. The van der Waals surface area contributed by atoms with Crippen LogP contribution in [0.5, 0.6) is 11.5 Å². The molecule has 36 heavy (non-hydrogen) atoms. The van der Waals surface area contributed by atoms with Crippen molar-refractivity contribution in [1.82, 2.24) is 14.8 Å². The molecule has 0 aliphatic carbocycles. The third-order valence-corrected chi connectivity index (χ3v) is 7.60. The highest BCUT2D eigenvalue weighted by Crippen LogP contribution is 2.48. The van der Waals surface area contributed by atoms with Crippen LogP contribution in [0, 0.1) is 11.8 Å². The summed E-state index contributed by atoms with van der Waals surface area (Å²) in [6, 6.07) is 18.2. The van der Waals surface area contributed by atoms with Crippen LogP contribution in [0.25, 0.3) is 11.1 Å². The molecule has 8 heteroatoms. The Hall–Kier alpha value is -3.62. The zero-order valence-corrected chi connectivity index (χ0v) is 20.7. The molecule has 8 nitrogen and oxygen atoms in total. The Kier molecular flexibility index (Phi) is 6.55. The summed E-state index contributed by atoms with van der Waals surface area (Å²) in [6.07, 6.45) is 0. The van der Waals surface area contributed by atoms with Crippen molar-refractivity contribution in [3.05, 3.63) is 82.3 Å². The zero-order chi connectivity index (χ0) is 25.4. The third kappa shape index (κ3) is 4.06. The van der Waals surface area contributed by atoms with Gasteiger partial charge in [-0.25, -0.2) is 0 Å². The van der Waals surface area contributed by atoms with Crippen LogP contribution < -0.4 is 20.3 Å². The SMILES string of the molecule is COc1cccc(CNC(=O)[C@H]2[C@H](CO)[C@H]3Cn4c(ccc(-c5cccc(OC)c5)c4=O)[C@H]3N2C)c1. The topological polar surface area (TPSA) is 93.0 Å². The van der Waals surface area contributed by atoms with Gasteiger partial charge in [0.1, 0.15) is 11.5 Å².